The molecule has 1 aliphatic heterocycles. The van der Waals surface area contributed by atoms with Crippen molar-refractivity contribution in [1.29, 1.82) is 0 Å². The maximum atomic E-state index is 4.60. The summed E-state index contributed by atoms with van der Waals surface area (Å²) in [7, 11) is 4.31. The van der Waals surface area contributed by atoms with Crippen LogP contribution < -0.4 is 4.90 Å². The molecule has 1 fully saturated rings. The summed E-state index contributed by atoms with van der Waals surface area (Å²) in [5.41, 5.74) is 1.57. The van der Waals surface area contributed by atoms with Crippen molar-refractivity contribution in [3.05, 3.63) is 24.5 Å². The second-order valence-electron chi connectivity index (χ2n) is 5.70. The van der Waals surface area contributed by atoms with Gasteiger partial charge in [0.25, 0.3) is 0 Å². The fraction of sp³-hybridized carbons (Fsp3) is 0.533. The van der Waals surface area contributed by atoms with E-state index >= 15 is 0 Å². The number of nitrogens with zero attached hydrogens (tertiary/aromatic N) is 5. The molecule has 0 amide bonds. The van der Waals surface area contributed by atoms with Gasteiger partial charge in [-0.05, 0) is 51.0 Å². The highest BCUT2D eigenvalue weighted by atomic mass is 15.2. The number of hydrogen-bond acceptors (Lipinski definition) is 5. The van der Waals surface area contributed by atoms with Crippen molar-refractivity contribution < 1.29 is 0 Å². The monoisotopic (exact) mass is 271 g/mol. The summed E-state index contributed by atoms with van der Waals surface area (Å²) in [6.07, 6.45) is 5.93. The highest BCUT2D eigenvalue weighted by Crippen LogP contribution is 2.20. The van der Waals surface area contributed by atoms with Gasteiger partial charge in [0.1, 0.15) is 11.3 Å². The molecule has 0 bridgehead atoms. The van der Waals surface area contributed by atoms with Gasteiger partial charge in [-0.15, -0.1) is 0 Å². The van der Waals surface area contributed by atoms with Crippen molar-refractivity contribution in [3.63, 3.8) is 0 Å². The Morgan fingerprint density at radius 1 is 1.20 bits per heavy atom. The van der Waals surface area contributed by atoms with E-state index in [-0.39, 0.29) is 0 Å². The summed E-state index contributed by atoms with van der Waals surface area (Å²) in [4.78, 5) is 17.8. The molecule has 5 nitrogen and oxygen atoms in total. The van der Waals surface area contributed by atoms with E-state index in [4.69, 9.17) is 0 Å². The zero-order valence-corrected chi connectivity index (χ0v) is 12.2. The minimum Gasteiger partial charge on any atom is -0.359 e. The lowest BCUT2D eigenvalue weighted by Crippen LogP contribution is -2.35. The molecule has 0 N–H and O–H groups in total. The van der Waals surface area contributed by atoms with Gasteiger partial charge in [-0.3, -0.25) is 4.98 Å². The third kappa shape index (κ3) is 2.88. The number of piperidine rings is 1. The van der Waals surface area contributed by atoms with Crippen LogP contribution in [0.25, 0.3) is 11.2 Å². The molecule has 1 saturated heterocycles. The number of anilines is 1. The molecule has 5 heteroatoms. The van der Waals surface area contributed by atoms with Gasteiger partial charge in [-0.25, -0.2) is 9.97 Å². The van der Waals surface area contributed by atoms with Gasteiger partial charge in [0.05, 0.1) is 0 Å². The molecule has 0 spiro atoms. The van der Waals surface area contributed by atoms with Crippen molar-refractivity contribution in [2.45, 2.75) is 12.8 Å². The van der Waals surface area contributed by atoms with Gasteiger partial charge in [0.15, 0.2) is 5.65 Å². The van der Waals surface area contributed by atoms with E-state index in [0.29, 0.717) is 0 Å². The van der Waals surface area contributed by atoms with Crippen LogP contribution in [0.1, 0.15) is 12.8 Å². The van der Waals surface area contributed by atoms with Crippen LogP contribution in [0.15, 0.2) is 24.5 Å². The zero-order chi connectivity index (χ0) is 13.9. The molecule has 3 heterocycles. The molecule has 106 valence electrons. The van der Waals surface area contributed by atoms with Crippen LogP contribution >= 0.6 is 0 Å². The first-order chi connectivity index (χ1) is 9.72. The second kappa shape index (κ2) is 5.71. The predicted molar refractivity (Wildman–Crippen MR) is 80.8 cm³/mol. The lowest BCUT2D eigenvalue weighted by Gasteiger charge is -2.32. The Bertz CT molecular complexity index is 577. The number of rotatable bonds is 3. The van der Waals surface area contributed by atoms with E-state index < -0.39 is 0 Å². The molecule has 0 saturated carbocycles. The third-order valence-electron chi connectivity index (χ3n) is 4.08. The van der Waals surface area contributed by atoms with Crippen LogP contribution in [0.3, 0.4) is 0 Å². The Hall–Kier alpha value is -1.75. The van der Waals surface area contributed by atoms with Crippen LogP contribution in [-0.2, 0) is 0 Å². The average Bonchev–Trinajstić information content (AvgIpc) is 2.49. The number of hydrogen-bond donors (Lipinski definition) is 0. The van der Waals surface area contributed by atoms with Crippen LogP contribution in [0.4, 0.5) is 5.82 Å². The molecular weight excluding hydrogens is 250 g/mol. The summed E-state index contributed by atoms with van der Waals surface area (Å²) in [6.45, 7) is 3.47. The number of likely N-dealkylation sites (tertiary alicyclic amines) is 1. The van der Waals surface area contributed by atoms with Crippen LogP contribution in [-0.4, -0.2) is 53.6 Å². The Kier molecular flexibility index (Phi) is 3.78. The molecule has 0 aliphatic carbocycles. The largest absolute Gasteiger partial charge is 0.359 e. The topological polar surface area (TPSA) is 45.2 Å². The van der Waals surface area contributed by atoms with Crippen LogP contribution in [0.2, 0.25) is 0 Å². The SMILES string of the molecule is CN1CCC(CN(C)c2ccc3nccnc3n2)CC1. The summed E-state index contributed by atoms with van der Waals surface area (Å²) >= 11 is 0. The van der Waals surface area contributed by atoms with E-state index in [1.54, 1.807) is 12.4 Å². The van der Waals surface area contributed by atoms with Crippen molar-refractivity contribution in [3.8, 4) is 0 Å². The minimum absolute atomic E-state index is 0.722. The zero-order valence-electron chi connectivity index (χ0n) is 12.2. The van der Waals surface area contributed by atoms with Crippen LogP contribution in [0.5, 0.6) is 0 Å². The van der Waals surface area contributed by atoms with E-state index in [1.807, 2.05) is 12.1 Å². The smallest absolute Gasteiger partial charge is 0.180 e. The van der Waals surface area contributed by atoms with Gasteiger partial charge in [0, 0.05) is 26.0 Å². The first kappa shape index (κ1) is 13.2. The molecule has 0 atom stereocenters. The maximum Gasteiger partial charge on any atom is 0.180 e. The molecule has 1 aliphatic rings. The first-order valence-corrected chi connectivity index (χ1v) is 7.20. The van der Waals surface area contributed by atoms with E-state index in [0.717, 1.165) is 29.4 Å². The second-order valence-corrected chi connectivity index (χ2v) is 5.70. The van der Waals surface area contributed by atoms with Gasteiger partial charge < -0.3 is 9.80 Å². The standard InChI is InChI=1S/C15H21N5/c1-19-9-5-12(6-10-19)11-20(2)14-4-3-13-15(18-14)17-8-7-16-13/h3-4,7-8,12H,5-6,9-11H2,1-2H3. The lowest BCUT2D eigenvalue weighted by molar-refractivity contribution is 0.222. The quantitative estimate of drug-likeness (QED) is 0.852. The summed E-state index contributed by atoms with van der Waals surface area (Å²) < 4.78 is 0. The van der Waals surface area contributed by atoms with Crippen molar-refractivity contribution in [2.75, 3.05) is 38.6 Å². The molecule has 20 heavy (non-hydrogen) atoms. The molecule has 0 radical (unpaired) electrons. The van der Waals surface area contributed by atoms with E-state index in [1.165, 1.54) is 25.9 Å². The Morgan fingerprint density at radius 2 is 1.95 bits per heavy atom. The summed E-state index contributed by atoms with van der Waals surface area (Å²) in [5.74, 6) is 1.74. The van der Waals surface area contributed by atoms with Gasteiger partial charge >= 0.3 is 0 Å². The predicted octanol–water partition coefficient (Wildman–Crippen LogP) is 1.80. The molecule has 2 aromatic heterocycles. The number of pyridine rings is 1. The number of fused-ring (bicyclic) bond motifs is 1. The van der Waals surface area contributed by atoms with Gasteiger partial charge in [-0.1, -0.05) is 0 Å². The Morgan fingerprint density at radius 3 is 2.75 bits per heavy atom. The molecule has 2 aromatic rings. The molecule has 0 aromatic carbocycles. The third-order valence-corrected chi connectivity index (χ3v) is 4.08. The normalized spacial score (nSPS) is 17.5. The van der Waals surface area contributed by atoms with Crippen molar-refractivity contribution >= 4 is 17.0 Å². The van der Waals surface area contributed by atoms with E-state index in [2.05, 4.69) is 38.8 Å². The summed E-state index contributed by atoms with van der Waals surface area (Å²) in [6, 6.07) is 4.03. The molecule has 3 rings (SSSR count). The van der Waals surface area contributed by atoms with Crippen molar-refractivity contribution in [2.24, 2.45) is 5.92 Å². The average molecular weight is 271 g/mol. The highest BCUT2D eigenvalue weighted by molar-refractivity contribution is 5.71. The van der Waals surface area contributed by atoms with Crippen LogP contribution in [0, 0.1) is 5.92 Å². The fourth-order valence-corrected chi connectivity index (χ4v) is 2.78. The van der Waals surface area contributed by atoms with Gasteiger partial charge in [-0.2, -0.15) is 0 Å². The molecular formula is C15H21N5. The molecule has 0 unspecified atom stereocenters. The van der Waals surface area contributed by atoms with Crippen molar-refractivity contribution in [1.82, 2.24) is 19.9 Å². The van der Waals surface area contributed by atoms with Gasteiger partial charge in [0.2, 0.25) is 0 Å². The lowest BCUT2D eigenvalue weighted by atomic mass is 9.97. The Balaban J connectivity index is 1.70. The fourth-order valence-electron chi connectivity index (χ4n) is 2.78. The van der Waals surface area contributed by atoms with E-state index in [9.17, 15) is 0 Å². The number of aromatic nitrogens is 3. The maximum absolute atomic E-state index is 4.60. The summed E-state index contributed by atoms with van der Waals surface area (Å²) in [5, 5.41) is 0. The minimum atomic E-state index is 0.722. The highest BCUT2D eigenvalue weighted by Gasteiger charge is 2.18. The first-order valence-electron chi connectivity index (χ1n) is 7.20. The Labute approximate surface area is 119 Å².